The molecule has 11 heavy (non-hydrogen) atoms. The van der Waals surface area contributed by atoms with E-state index >= 15 is 0 Å². The van der Waals surface area contributed by atoms with E-state index in [9.17, 15) is 0 Å². The van der Waals surface area contributed by atoms with E-state index < -0.39 is 0 Å². The molecule has 54 valence electrons. The molecule has 0 spiro atoms. The van der Waals surface area contributed by atoms with Crippen molar-refractivity contribution in [3.05, 3.63) is 30.0 Å². The number of H-pyrrole nitrogens is 1. The second kappa shape index (κ2) is 2.41. The topological polar surface area (TPSA) is 15.8 Å². The first-order valence-electron chi connectivity index (χ1n) is 3.83. The van der Waals surface area contributed by atoms with Crippen LogP contribution >= 0.6 is 0 Å². The Kier molecular flexibility index (Phi) is 1.53. The highest BCUT2D eigenvalue weighted by molar-refractivity contribution is 6.39. The molecule has 0 saturated carbocycles. The van der Waals surface area contributed by atoms with Gasteiger partial charge < -0.3 is 4.98 Å². The SMILES string of the molecule is Cc1[nH]c2ccccc2[c]1[AlH2]. The van der Waals surface area contributed by atoms with E-state index in [1.165, 1.54) is 21.0 Å². The van der Waals surface area contributed by atoms with Crippen LogP contribution < -0.4 is 4.43 Å². The summed E-state index contributed by atoms with van der Waals surface area (Å²) in [5.41, 5.74) is 2.60. The van der Waals surface area contributed by atoms with Crippen molar-refractivity contribution in [2.75, 3.05) is 0 Å². The average Bonchev–Trinajstić information content (AvgIpc) is 2.30. The number of para-hydroxylation sites is 1. The summed E-state index contributed by atoms with van der Waals surface area (Å²) in [6.07, 6.45) is 0. The van der Waals surface area contributed by atoms with Crippen molar-refractivity contribution in [1.82, 2.24) is 4.98 Å². The van der Waals surface area contributed by atoms with Crippen LogP contribution in [-0.4, -0.2) is 21.3 Å². The monoisotopic (exact) mass is 159 g/mol. The van der Waals surface area contributed by atoms with Crippen LogP contribution in [0.1, 0.15) is 5.69 Å². The Hall–Kier alpha value is -0.708. The fourth-order valence-corrected chi connectivity index (χ4v) is 1.98. The molecule has 0 bridgehead atoms. The van der Waals surface area contributed by atoms with E-state index in [0.29, 0.717) is 0 Å². The highest BCUT2D eigenvalue weighted by Crippen LogP contribution is 2.10. The van der Waals surface area contributed by atoms with Gasteiger partial charge in [-0.05, 0) is 24.1 Å². The highest BCUT2D eigenvalue weighted by atomic mass is 27.0. The molecule has 0 aliphatic rings. The van der Waals surface area contributed by atoms with E-state index in [1.54, 1.807) is 0 Å². The number of aromatic nitrogens is 1. The molecule has 1 aromatic carbocycles. The summed E-state index contributed by atoms with van der Waals surface area (Å²) < 4.78 is 1.50. The van der Waals surface area contributed by atoms with Gasteiger partial charge in [-0.3, -0.25) is 0 Å². The zero-order valence-corrected chi connectivity index (χ0v) is 8.81. The lowest BCUT2D eigenvalue weighted by Gasteiger charge is -1.88. The predicted octanol–water partition coefficient (Wildman–Crippen LogP) is 0.735. The van der Waals surface area contributed by atoms with E-state index in [4.69, 9.17) is 0 Å². The van der Waals surface area contributed by atoms with Crippen molar-refractivity contribution in [3.8, 4) is 0 Å². The van der Waals surface area contributed by atoms with Gasteiger partial charge in [0.05, 0.1) is 0 Å². The summed E-state index contributed by atoms with van der Waals surface area (Å²) in [4.78, 5) is 3.36. The Bertz CT molecular complexity index is 389. The van der Waals surface area contributed by atoms with Crippen LogP contribution in [0, 0.1) is 6.92 Å². The third-order valence-electron chi connectivity index (χ3n) is 2.22. The van der Waals surface area contributed by atoms with Crippen LogP contribution in [0.3, 0.4) is 0 Å². The number of nitrogens with one attached hydrogen (secondary N) is 1. The molecular weight excluding hydrogens is 149 g/mol. The maximum Gasteiger partial charge on any atom is 0.262 e. The summed E-state index contributed by atoms with van der Waals surface area (Å²) in [5.74, 6) is 0. The summed E-state index contributed by atoms with van der Waals surface area (Å²) in [5, 5.41) is 1.40. The molecule has 0 aliphatic carbocycles. The van der Waals surface area contributed by atoms with Crippen LogP contribution in [-0.2, 0) is 0 Å². The molecule has 0 aliphatic heterocycles. The molecule has 1 heterocycles. The summed E-state index contributed by atoms with van der Waals surface area (Å²) in [6, 6.07) is 8.47. The minimum absolute atomic E-state index is 1.13. The van der Waals surface area contributed by atoms with Crippen LogP contribution in [0.4, 0.5) is 0 Å². The van der Waals surface area contributed by atoms with Gasteiger partial charge in [0.2, 0.25) is 0 Å². The third-order valence-corrected chi connectivity index (χ3v) is 3.50. The van der Waals surface area contributed by atoms with Gasteiger partial charge in [0.1, 0.15) is 0 Å². The van der Waals surface area contributed by atoms with E-state index in [0.717, 1.165) is 16.3 Å². The Morgan fingerprint density at radius 1 is 1.27 bits per heavy atom. The molecule has 2 aromatic rings. The van der Waals surface area contributed by atoms with Crippen molar-refractivity contribution in [1.29, 1.82) is 0 Å². The molecule has 0 atom stereocenters. The lowest BCUT2D eigenvalue weighted by Crippen LogP contribution is -2.02. The van der Waals surface area contributed by atoms with Gasteiger partial charge in [-0.25, -0.2) is 0 Å². The van der Waals surface area contributed by atoms with Crippen LogP contribution in [0.15, 0.2) is 24.3 Å². The average molecular weight is 159 g/mol. The fraction of sp³-hybridized carbons (Fsp3) is 0.111. The second-order valence-corrected chi connectivity index (χ2v) is 3.92. The maximum absolute atomic E-state index is 3.36. The van der Waals surface area contributed by atoms with Gasteiger partial charge in [-0.2, -0.15) is 0 Å². The first kappa shape index (κ1) is 6.97. The Morgan fingerprint density at radius 2 is 2.00 bits per heavy atom. The number of aryl methyl sites for hydroxylation is 1. The van der Waals surface area contributed by atoms with Gasteiger partial charge in [-0.1, -0.05) is 22.6 Å². The number of aromatic amines is 1. The molecule has 1 N–H and O–H groups in total. The summed E-state index contributed by atoms with van der Waals surface area (Å²) >= 11 is 1.13. The number of rotatable bonds is 0. The molecule has 0 amide bonds. The van der Waals surface area contributed by atoms with Crippen molar-refractivity contribution in [2.24, 2.45) is 0 Å². The zero-order valence-electron chi connectivity index (χ0n) is 6.81. The molecule has 2 rings (SSSR count). The fourth-order valence-electron chi connectivity index (χ4n) is 1.42. The number of hydrogen-bond donors (Lipinski definition) is 1. The molecule has 0 saturated heterocycles. The molecule has 1 nitrogen and oxygen atoms in total. The van der Waals surface area contributed by atoms with Crippen molar-refractivity contribution in [2.45, 2.75) is 6.92 Å². The Morgan fingerprint density at radius 3 is 2.73 bits per heavy atom. The lowest BCUT2D eigenvalue weighted by atomic mass is 10.2. The molecule has 2 heteroatoms. The molecule has 0 radical (unpaired) electrons. The standard InChI is InChI=1S/C9H8N.Al.2H/c1-7-6-8-4-2-3-5-9(8)10-7;;;/h2-5,10H,1H3;;;. The van der Waals surface area contributed by atoms with Crippen molar-refractivity contribution >= 4 is 31.6 Å². The van der Waals surface area contributed by atoms with Gasteiger partial charge in [0.25, 0.3) is 16.3 Å². The minimum atomic E-state index is 1.13. The molecule has 0 unspecified atom stereocenters. The normalized spacial score (nSPS) is 10.6. The van der Waals surface area contributed by atoms with E-state index in [2.05, 4.69) is 36.2 Å². The second-order valence-electron chi connectivity index (χ2n) is 2.92. The van der Waals surface area contributed by atoms with Gasteiger partial charge >= 0.3 is 0 Å². The smallest absolute Gasteiger partial charge is 0.262 e. The number of hydrogen-bond acceptors (Lipinski definition) is 0. The molecule has 1 aromatic heterocycles. The lowest BCUT2D eigenvalue weighted by molar-refractivity contribution is 1.32. The third kappa shape index (κ3) is 0.994. The van der Waals surface area contributed by atoms with Crippen molar-refractivity contribution < 1.29 is 0 Å². The maximum atomic E-state index is 3.36. The summed E-state index contributed by atoms with van der Waals surface area (Å²) in [7, 11) is 0. The van der Waals surface area contributed by atoms with E-state index in [-0.39, 0.29) is 0 Å². The molecular formula is C9H10AlN. The molecule has 0 fully saturated rings. The van der Waals surface area contributed by atoms with Gasteiger partial charge in [-0.15, -0.1) is 0 Å². The first-order chi connectivity index (χ1) is 5.29. The van der Waals surface area contributed by atoms with Gasteiger partial charge in [0, 0.05) is 5.52 Å². The van der Waals surface area contributed by atoms with Crippen molar-refractivity contribution in [3.63, 3.8) is 0 Å². The van der Waals surface area contributed by atoms with Crippen LogP contribution in [0.5, 0.6) is 0 Å². The van der Waals surface area contributed by atoms with E-state index in [1.807, 2.05) is 0 Å². The zero-order chi connectivity index (χ0) is 7.84. The summed E-state index contributed by atoms with van der Waals surface area (Å²) in [6.45, 7) is 2.14. The minimum Gasteiger partial charge on any atom is -0.360 e. The predicted molar refractivity (Wildman–Crippen MR) is 51.2 cm³/mol. The van der Waals surface area contributed by atoms with Crippen LogP contribution in [0.2, 0.25) is 0 Å². The number of fused-ring (bicyclic) bond motifs is 1. The quantitative estimate of drug-likeness (QED) is 0.545. The Labute approximate surface area is 73.8 Å². The first-order valence-corrected chi connectivity index (χ1v) is 4.83. The highest BCUT2D eigenvalue weighted by Gasteiger charge is 2.00. The Balaban J connectivity index is 2.92. The largest absolute Gasteiger partial charge is 0.360 e. The number of benzene rings is 1. The van der Waals surface area contributed by atoms with Gasteiger partial charge in [0.15, 0.2) is 0 Å². The van der Waals surface area contributed by atoms with Crippen LogP contribution in [0.25, 0.3) is 10.9 Å².